The summed E-state index contributed by atoms with van der Waals surface area (Å²) in [5, 5.41) is 5.32. The van der Waals surface area contributed by atoms with Crippen LogP contribution in [0.3, 0.4) is 0 Å². The fraction of sp³-hybridized carbons (Fsp3) is 0.308. The van der Waals surface area contributed by atoms with Crippen LogP contribution >= 0.6 is 22.9 Å². The van der Waals surface area contributed by atoms with Gasteiger partial charge in [0.1, 0.15) is 0 Å². The summed E-state index contributed by atoms with van der Waals surface area (Å²) in [6.07, 6.45) is 2.93. The summed E-state index contributed by atoms with van der Waals surface area (Å²) in [5.74, 6) is 0. The maximum atomic E-state index is 6.15. The summed E-state index contributed by atoms with van der Waals surface area (Å²) in [6, 6.07) is 5.92. The van der Waals surface area contributed by atoms with Crippen molar-refractivity contribution in [3.63, 3.8) is 0 Å². The molecule has 0 saturated carbocycles. The average Bonchev–Trinajstić information content (AvgIpc) is 2.76. The van der Waals surface area contributed by atoms with Gasteiger partial charge in [-0.2, -0.15) is 0 Å². The third kappa shape index (κ3) is 2.99. The lowest BCUT2D eigenvalue weighted by atomic mass is 10.2. The topological polar surface area (TPSA) is 24.9 Å². The predicted octanol–water partition coefficient (Wildman–Crippen LogP) is 4.28. The Morgan fingerprint density at radius 2 is 2.24 bits per heavy atom. The molecule has 0 aliphatic carbocycles. The molecule has 17 heavy (non-hydrogen) atoms. The highest BCUT2D eigenvalue weighted by Crippen LogP contribution is 2.26. The van der Waals surface area contributed by atoms with E-state index in [1.165, 1.54) is 9.88 Å². The van der Waals surface area contributed by atoms with Crippen LogP contribution < -0.4 is 5.32 Å². The zero-order chi connectivity index (χ0) is 12.3. The minimum Gasteiger partial charge on any atom is -0.379 e. The number of halogens is 1. The summed E-state index contributed by atoms with van der Waals surface area (Å²) in [6.45, 7) is 4.95. The van der Waals surface area contributed by atoms with E-state index in [9.17, 15) is 0 Å². The smallest absolute Gasteiger partial charge is 0.0925 e. The van der Waals surface area contributed by atoms with Gasteiger partial charge in [0, 0.05) is 11.1 Å². The van der Waals surface area contributed by atoms with E-state index in [0.717, 1.165) is 29.2 Å². The molecule has 0 unspecified atom stereocenters. The predicted molar refractivity (Wildman–Crippen MR) is 75.0 cm³/mol. The number of hydrogen-bond donors (Lipinski definition) is 1. The van der Waals surface area contributed by atoms with Crippen LogP contribution in [0.1, 0.15) is 22.4 Å². The van der Waals surface area contributed by atoms with Crippen molar-refractivity contribution in [2.75, 3.05) is 5.32 Å². The molecule has 1 aromatic heterocycles. The minimum absolute atomic E-state index is 0.769. The molecule has 2 rings (SSSR count). The fourth-order valence-electron chi connectivity index (χ4n) is 1.62. The fourth-order valence-corrected chi connectivity index (χ4v) is 2.72. The molecule has 0 amide bonds. The summed E-state index contributed by atoms with van der Waals surface area (Å²) < 4.78 is 0. The molecule has 0 bridgehead atoms. The molecule has 0 aliphatic rings. The Hall–Kier alpha value is -1.06. The largest absolute Gasteiger partial charge is 0.379 e. The second-order valence-corrected chi connectivity index (χ2v) is 5.47. The van der Waals surface area contributed by atoms with Gasteiger partial charge in [0.2, 0.25) is 0 Å². The highest BCUT2D eigenvalue weighted by atomic mass is 35.5. The van der Waals surface area contributed by atoms with E-state index < -0.39 is 0 Å². The molecule has 2 nitrogen and oxygen atoms in total. The maximum Gasteiger partial charge on any atom is 0.0925 e. The average molecular weight is 267 g/mol. The van der Waals surface area contributed by atoms with Crippen LogP contribution in [0.2, 0.25) is 5.02 Å². The number of aromatic nitrogens is 1. The number of hydrogen-bond acceptors (Lipinski definition) is 3. The van der Waals surface area contributed by atoms with Crippen LogP contribution in [-0.4, -0.2) is 4.98 Å². The lowest BCUT2D eigenvalue weighted by Crippen LogP contribution is -1.99. The number of nitrogens with one attached hydrogen (secondary N) is 1. The highest BCUT2D eigenvalue weighted by molar-refractivity contribution is 7.11. The molecule has 0 saturated heterocycles. The first-order chi connectivity index (χ1) is 8.20. The second kappa shape index (κ2) is 5.52. The van der Waals surface area contributed by atoms with Gasteiger partial charge in [-0.05, 0) is 25.0 Å². The molecule has 1 heterocycles. The maximum absolute atomic E-state index is 6.15. The Morgan fingerprint density at radius 1 is 1.41 bits per heavy atom. The Morgan fingerprint density at radius 3 is 2.88 bits per heavy atom. The zero-order valence-electron chi connectivity index (χ0n) is 9.96. The quantitative estimate of drug-likeness (QED) is 0.893. The minimum atomic E-state index is 0.769. The van der Waals surface area contributed by atoms with Crippen LogP contribution in [0.4, 0.5) is 5.69 Å². The van der Waals surface area contributed by atoms with Crippen LogP contribution in [0.25, 0.3) is 0 Å². The van der Waals surface area contributed by atoms with E-state index in [1.54, 1.807) is 11.3 Å². The van der Waals surface area contributed by atoms with Gasteiger partial charge >= 0.3 is 0 Å². The van der Waals surface area contributed by atoms with Gasteiger partial charge in [-0.15, -0.1) is 11.3 Å². The zero-order valence-corrected chi connectivity index (χ0v) is 11.5. The lowest BCUT2D eigenvalue weighted by Gasteiger charge is -2.09. The van der Waals surface area contributed by atoms with E-state index in [2.05, 4.69) is 30.2 Å². The number of benzene rings is 1. The SMILES string of the molecule is CCc1ncc(CNc2c(C)cccc2Cl)s1. The molecule has 0 atom stereocenters. The Balaban J connectivity index is 2.07. The van der Waals surface area contributed by atoms with Gasteiger partial charge in [-0.25, -0.2) is 4.98 Å². The van der Waals surface area contributed by atoms with Crippen molar-refractivity contribution in [3.05, 3.63) is 44.9 Å². The van der Waals surface area contributed by atoms with Crippen molar-refractivity contribution in [1.29, 1.82) is 0 Å². The number of nitrogens with zero attached hydrogens (tertiary/aromatic N) is 1. The molecule has 1 N–H and O–H groups in total. The first-order valence-electron chi connectivity index (χ1n) is 5.63. The number of aryl methyl sites for hydroxylation is 2. The monoisotopic (exact) mass is 266 g/mol. The van der Waals surface area contributed by atoms with E-state index in [-0.39, 0.29) is 0 Å². The number of thiazole rings is 1. The van der Waals surface area contributed by atoms with Crippen LogP contribution in [-0.2, 0) is 13.0 Å². The molecular formula is C13H15ClN2S. The second-order valence-electron chi connectivity index (χ2n) is 3.86. The Labute approximate surface area is 111 Å². The van der Waals surface area contributed by atoms with E-state index in [0.29, 0.717) is 0 Å². The number of rotatable bonds is 4. The number of para-hydroxylation sites is 1. The third-order valence-corrected chi connectivity index (χ3v) is 4.02. The van der Waals surface area contributed by atoms with Crippen LogP contribution in [0, 0.1) is 6.92 Å². The van der Waals surface area contributed by atoms with Crippen molar-refractivity contribution in [2.45, 2.75) is 26.8 Å². The first kappa shape index (κ1) is 12.4. The molecule has 4 heteroatoms. The van der Waals surface area contributed by atoms with Crippen molar-refractivity contribution in [2.24, 2.45) is 0 Å². The van der Waals surface area contributed by atoms with Crippen molar-refractivity contribution in [3.8, 4) is 0 Å². The molecule has 0 aliphatic heterocycles. The van der Waals surface area contributed by atoms with Crippen molar-refractivity contribution in [1.82, 2.24) is 4.98 Å². The summed E-state index contributed by atoms with van der Waals surface area (Å²) >= 11 is 7.90. The summed E-state index contributed by atoms with van der Waals surface area (Å²) in [7, 11) is 0. The Kier molecular flexibility index (Phi) is 4.02. The molecule has 2 aromatic rings. The van der Waals surface area contributed by atoms with E-state index >= 15 is 0 Å². The van der Waals surface area contributed by atoms with Gasteiger partial charge in [-0.3, -0.25) is 0 Å². The summed E-state index contributed by atoms with van der Waals surface area (Å²) in [4.78, 5) is 5.57. The van der Waals surface area contributed by atoms with E-state index in [1.807, 2.05) is 18.3 Å². The van der Waals surface area contributed by atoms with Crippen molar-refractivity contribution < 1.29 is 0 Å². The van der Waals surface area contributed by atoms with Gasteiger partial charge in [0.25, 0.3) is 0 Å². The lowest BCUT2D eigenvalue weighted by molar-refractivity contribution is 1.09. The molecule has 1 aromatic carbocycles. The Bertz CT molecular complexity index is 488. The molecular weight excluding hydrogens is 252 g/mol. The standard InChI is InChI=1S/C13H15ClN2S/c1-3-12-15-7-10(17-12)8-16-13-9(2)5-4-6-11(13)14/h4-7,16H,3,8H2,1-2H3. The number of anilines is 1. The molecule has 0 radical (unpaired) electrons. The highest BCUT2D eigenvalue weighted by Gasteiger charge is 2.04. The van der Waals surface area contributed by atoms with Gasteiger partial charge in [-0.1, -0.05) is 30.7 Å². The van der Waals surface area contributed by atoms with Gasteiger partial charge in [0.05, 0.1) is 22.3 Å². The third-order valence-electron chi connectivity index (χ3n) is 2.57. The van der Waals surface area contributed by atoms with Crippen LogP contribution in [0.5, 0.6) is 0 Å². The molecule has 90 valence electrons. The van der Waals surface area contributed by atoms with Gasteiger partial charge in [0.15, 0.2) is 0 Å². The van der Waals surface area contributed by atoms with Crippen molar-refractivity contribution >= 4 is 28.6 Å². The van der Waals surface area contributed by atoms with E-state index in [4.69, 9.17) is 11.6 Å². The molecule has 0 spiro atoms. The normalized spacial score (nSPS) is 10.5. The van der Waals surface area contributed by atoms with Crippen LogP contribution in [0.15, 0.2) is 24.4 Å². The summed E-state index contributed by atoms with van der Waals surface area (Å²) in [5.41, 5.74) is 2.18. The molecule has 0 fully saturated rings. The first-order valence-corrected chi connectivity index (χ1v) is 6.82. The van der Waals surface area contributed by atoms with Gasteiger partial charge < -0.3 is 5.32 Å².